The molecule has 15 heteroatoms. The van der Waals surface area contributed by atoms with Crippen LogP contribution in [-0.2, 0) is 29.4 Å². The first-order valence-corrected chi connectivity index (χ1v) is 15.5. The van der Waals surface area contributed by atoms with Crippen molar-refractivity contribution in [2.75, 3.05) is 26.6 Å². The Morgan fingerprint density at radius 2 is 1.52 bits per heavy atom. The minimum atomic E-state index is -2.05. The number of alkyl halides is 1. The van der Waals surface area contributed by atoms with Crippen LogP contribution in [0.2, 0.25) is 0 Å². The van der Waals surface area contributed by atoms with Crippen molar-refractivity contribution in [2.45, 2.75) is 43.1 Å². The number of ether oxygens (including phenoxy) is 5. The third-order valence-corrected chi connectivity index (χ3v) is 8.41. The average Bonchev–Trinajstić information content (AvgIpc) is 3.68. The summed E-state index contributed by atoms with van der Waals surface area (Å²) in [7, 11) is 3.10. The maximum Gasteiger partial charge on any atom is 0.312 e. The van der Waals surface area contributed by atoms with Gasteiger partial charge in [0.25, 0.3) is 0 Å². The molecule has 0 aliphatic carbocycles. The Bertz CT molecular complexity index is 1910. The van der Waals surface area contributed by atoms with E-state index in [2.05, 4.69) is 15.0 Å². The number of nitrogens with zero attached hydrogens (tertiary/aromatic N) is 4. The minimum absolute atomic E-state index is 0.0130. The lowest BCUT2D eigenvalue weighted by Crippen LogP contribution is -2.41. The fourth-order valence-corrected chi connectivity index (χ4v) is 5.99. The topological polar surface area (TPSA) is 170 Å². The number of hydrogen-bond donors (Lipinski definition) is 2. The van der Waals surface area contributed by atoms with Gasteiger partial charge in [0.15, 0.2) is 35.5 Å². The number of nitrogen functional groups attached to an aromatic ring is 1. The Morgan fingerprint density at radius 1 is 0.920 bits per heavy atom. The highest BCUT2D eigenvalue weighted by Gasteiger charge is 2.51. The van der Waals surface area contributed by atoms with E-state index in [1.54, 1.807) is 38.5 Å². The Morgan fingerprint density at radius 3 is 2.10 bits per heavy atom. The van der Waals surface area contributed by atoms with E-state index >= 15 is 4.39 Å². The molecule has 0 amide bonds. The van der Waals surface area contributed by atoms with Gasteiger partial charge in [-0.1, -0.05) is 54.6 Å². The van der Waals surface area contributed by atoms with Gasteiger partial charge in [-0.15, -0.1) is 0 Å². The average molecular weight is 690 g/mol. The Balaban J connectivity index is 1.42. The number of carbonyl (C=O) groups excluding carboxylic acids is 1. The second kappa shape index (κ2) is 14.4. The van der Waals surface area contributed by atoms with Crippen LogP contribution in [0.15, 0.2) is 85.2 Å². The third kappa shape index (κ3) is 6.64. The number of carboxylic acid groups (broad SMARTS) is 1. The van der Waals surface area contributed by atoms with E-state index in [1.807, 2.05) is 54.6 Å². The molecule has 1 aliphatic heterocycles. The number of carboxylic acids is 1. The molecule has 5 aromatic rings. The molecule has 0 radical (unpaired) electrons. The lowest BCUT2D eigenvalue weighted by molar-refractivity contribution is -0.159. The van der Waals surface area contributed by atoms with Gasteiger partial charge in [0.05, 0.1) is 40.0 Å². The van der Waals surface area contributed by atoms with Crippen LogP contribution >= 0.6 is 0 Å². The molecule has 1 aliphatic rings. The second-order valence-electron chi connectivity index (χ2n) is 11.4. The van der Waals surface area contributed by atoms with E-state index in [4.69, 9.17) is 34.5 Å². The lowest BCUT2D eigenvalue weighted by atomic mass is 9.80. The highest BCUT2D eigenvalue weighted by atomic mass is 19.1. The predicted octanol–water partition coefficient (Wildman–Crippen LogP) is 4.59. The van der Waals surface area contributed by atoms with E-state index < -0.39 is 61.1 Å². The van der Waals surface area contributed by atoms with Crippen molar-refractivity contribution in [3.05, 3.63) is 108 Å². The zero-order valence-electron chi connectivity index (χ0n) is 26.9. The molecule has 3 aromatic carbocycles. The Kier molecular flexibility index (Phi) is 9.88. The number of benzene rings is 3. The number of nitrogens with two attached hydrogens (primary N) is 1. The standard InChI is InChI=1S/C35H33F2N5O8/c1-46-23-12-8-21(9-13-23)35(20-6-4-3-5-7-20,22-10-14-24(47-2)15-11-22)48-18-25-30(50-27(45)17-16-26(43)44)28(36)33(49-25)42-19-39-29-31(38)40-34(37)41-32(29)42/h3-15,19,25,28,30,33H,16-18H2,1-2H3,(H,43,44)(H2,38,40,41). The van der Waals surface area contributed by atoms with Gasteiger partial charge in [-0.25, -0.2) is 9.37 Å². The summed E-state index contributed by atoms with van der Waals surface area (Å²) in [6.45, 7) is -0.348. The molecule has 1 saturated heterocycles. The molecular formula is C35H33F2N5O8. The Hall–Kier alpha value is -5.67. The van der Waals surface area contributed by atoms with Crippen LogP contribution < -0.4 is 15.2 Å². The van der Waals surface area contributed by atoms with E-state index in [0.29, 0.717) is 28.2 Å². The van der Waals surface area contributed by atoms with Gasteiger partial charge in [-0.3, -0.25) is 14.2 Å². The van der Waals surface area contributed by atoms with Crippen molar-refractivity contribution in [1.29, 1.82) is 0 Å². The highest BCUT2D eigenvalue weighted by Crippen LogP contribution is 2.44. The quantitative estimate of drug-likeness (QED) is 0.100. The SMILES string of the molecule is COc1ccc(C(OCC2OC(n3cnc4c(N)nc(F)nc43)C(F)C2OC(=O)CCC(=O)O)(c2ccccc2)c2ccc(OC)cc2)cc1. The van der Waals surface area contributed by atoms with Crippen LogP contribution in [-0.4, -0.2) is 75.8 Å². The molecular weight excluding hydrogens is 656 g/mol. The van der Waals surface area contributed by atoms with Crippen molar-refractivity contribution in [1.82, 2.24) is 19.5 Å². The number of fused-ring (bicyclic) bond motifs is 1. The number of rotatable bonds is 13. The van der Waals surface area contributed by atoms with Gasteiger partial charge in [-0.05, 0) is 41.0 Å². The zero-order valence-corrected chi connectivity index (χ0v) is 26.9. The number of aliphatic carboxylic acids is 1. The van der Waals surface area contributed by atoms with Gasteiger partial charge in [0, 0.05) is 0 Å². The second-order valence-corrected chi connectivity index (χ2v) is 11.4. The number of imidazole rings is 1. The largest absolute Gasteiger partial charge is 0.497 e. The minimum Gasteiger partial charge on any atom is -0.497 e. The molecule has 6 rings (SSSR count). The fraction of sp³-hybridized carbons (Fsp3) is 0.286. The fourth-order valence-electron chi connectivity index (χ4n) is 5.99. The lowest BCUT2D eigenvalue weighted by Gasteiger charge is -2.37. The summed E-state index contributed by atoms with van der Waals surface area (Å²) in [6, 6.07) is 23.8. The molecule has 3 N–H and O–H groups in total. The van der Waals surface area contributed by atoms with Gasteiger partial charge in [-0.2, -0.15) is 14.4 Å². The van der Waals surface area contributed by atoms with E-state index in [-0.39, 0.29) is 23.6 Å². The maximum absolute atomic E-state index is 16.5. The van der Waals surface area contributed by atoms with Crippen molar-refractivity contribution >= 4 is 28.9 Å². The van der Waals surface area contributed by atoms with Crippen molar-refractivity contribution in [3.8, 4) is 11.5 Å². The predicted molar refractivity (Wildman–Crippen MR) is 174 cm³/mol. The first kappa shape index (κ1) is 34.2. The molecule has 2 aromatic heterocycles. The summed E-state index contributed by atoms with van der Waals surface area (Å²) in [4.78, 5) is 35.3. The summed E-state index contributed by atoms with van der Waals surface area (Å²) in [5.74, 6) is -1.23. The maximum atomic E-state index is 16.5. The van der Waals surface area contributed by atoms with E-state index in [1.165, 1.54) is 6.33 Å². The molecule has 4 atom stereocenters. The summed E-state index contributed by atoms with van der Waals surface area (Å²) < 4.78 is 61.2. The monoisotopic (exact) mass is 689 g/mol. The van der Waals surface area contributed by atoms with Gasteiger partial charge in [0.2, 0.25) is 0 Å². The number of halogens is 2. The molecule has 0 saturated carbocycles. The van der Waals surface area contributed by atoms with Crippen LogP contribution in [0, 0.1) is 6.08 Å². The number of hydrogen-bond acceptors (Lipinski definition) is 11. The molecule has 0 spiro atoms. The van der Waals surface area contributed by atoms with Gasteiger partial charge >= 0.3 is 18.0 Å². The molecule has 13 nitrogen and oxygen atoms in total. The van der Waals surface area contributed by atoms with E-state index in [0.717, 1.165) is 4.57 Å². The summed E-state index contributed by atoms with van der Waals surface area (Å²) in [5.41, 5.74) is 6.43. The number of methoxy groups -OCH3 is 2. The smallest absolute Gasteiger partial charge is 0.312 e. The number of aromatic nitrogens is 4. The molecule has 1 fully saturated rings. The molecule has 3 heterocycles. The first-order valence-electron chi connectivity index (χ1n) is 15.5. The van der Waals surface area contributed by atoms with Gasteiger partial charge in [0.1, 0.15) is 23.2 Å². The summed E-state index contributed by atoms with van der Waals surface area (Å²) >= 11 is 0. The number of esters is 1. The van der Waals surface area contributed by atoms with Crippen LogP contribution in [0.3, 0.4) is 0 Å². The first-order chi connectivity index (χ1) is 24.1. The summed E-state index contributed by atoms with van der Waals surface area (Å²) in [5, 5.41) is 9.10. The molecule has 0 bridgehead atoms. The van der Waals surface area contributed by atoms with Gasteiger partial charge < -0.3 is 34.5 Å². The van der Waals surface area contributed by atoms with Crippen LogP contribution in [0.1, 0.15) is 35.8 Å². The number of carbonyl (C=O) groups is 2. The molecule has 4 unspecified atom stereocenters. The summed E-state index contributed by atoms with van der Waals surface area (Å²) in [6.07, 6.45) is -7.44. The molecule has 50 heavy (non-hydrogen) atoms. The van der Waals surface area contributed by atoms with Crippen molar-refractivity contribution in [3.63, 3.8) is 0 Å². The molecule has 260 valence electrons. The highest BCUT2D eigenvalue weighted by molar-refractivity contribution is 5.81. The zero-order chi connectivity index (χ0) is 35.4. The van der Waals surface area contributed by atoms with Crippen LogP contribution in [0.5, 0.6) is 11.5 Å². The normalized spacial score (nSPS) is 19.0. The van der Waals surface area contributed by atoms with E-state index in [9.17, 15) is 14.0 Å². The van der Waals surface area contributed by atoms with Crippen molar-refractivity contribution < 1.29 is 47.2 Å². The Labute approximate surface area is 284 Å². The third-order valence-electron chi connectivity index (χ3n) is 8.41. The number of anilines is 1. The van der Waals surface area contributed by atoms with Crippen LogP contribution in [0.4, 0.5) is 14.6 Å². The van der Waals surface area contributed by atoms with Crippen molar-refractivity contribution in [2.24, 2.45) is 0 Å². The van der Waals surface area contributed by atoms with Crippen LogP contribution in [0.25, 0.3) is 11.2 Å².